The van der Waals surface area contributed by atoms with Gasteiger partial charge >= 0.3 is 0 Å². The second-order valence-corrected chi connectivity index (χ2v) is 7.47. The number of phenolic OH excluding ortho intramolecular Hbond substituents is 1. The van der Waals surface area contributed by atoms with E-state index in [0.29, 0.717) is 12.3 Å². The Bertz CT molecular complexity index is 627. The second-order valence-electron chi connectivity index (χ2n) is 7.47. The molecule has 1 aliphatic carbocycles. The Labute approximate surface area is 143 Å². The van der Waals surface area contributed by atoms with Gasteiger partial charge in [-0.15, -0.1) is 0 Å². The number of hydrogen-bond donors (Lipinski definition) is 3. The lowest BCUT2D eigenvalue weighted by Crippen LogP contribution is -2.60. The maximum atomic E-state index is 12.8. The number of carbonyl (C=O) groups is 2. The van der Waals surface area contributed by atoms with Gasteiger partial charge in [-0.25, -0.2) is 0 Å². The number of hydrogen-bond acceptors (Lipinski definition) is 3. The molecule has 0 aliphatic heterocycles. The van der Waals surface area contributed by atoms with Crippen LogP contribution in [0.3, 0.4) is 0 Å². The molecule has 0 spiro atoms. The zero-order chi connectivity index (χ0) is 18.0. The van der Waals surface area contributed by atoms with Crippen LogP contribution in [0.2, 0.25) is 0 Å². The molecule has 3 N–H and O–H groups in total. The molecule has 1 saturated carbocycles. The van der Waals surface area contributed by atoms with Gasteiger partial charge in [0, 0.05) is 5.54 Å². The summed E-state index contributed by atoms with van der Waals surface area (Å²) in [6, 6.07) is 4.76. The summed E-state index contributed by atoms with van der Waals surface area (Å²) in [7, 11) is 0. The molecule has 2 rings (SSSR count). The third-order valence-electron chi connectivity index (χ3n) is 6.05. The van der Waals surface area contributed by atoms with E-state index in [2.05, 4.69) is 38.3 Å². The number of carbonyl (C=O) groups excluding carboxylic acids is 2. The molecule has 0 saturated heterocycles. The minimum atomic E-state index is -0.344. The monoisotopic (exact) mass is 332 g/mol. The summed E-state index contributed by atoms with van der Waals surface area (Å²) in [4.78, 5) is 23.4. The maximum absolute atomic E-state index is 12.8. The average molecular weight is 332 g/mol. The quantitative estimate of drug-likeness (QED) is 0.568. The van der Waals surface area contributed by atoms with Gasteiger partial charge in [0.05, 0.1) is 11.3 Å². The van der Waals surface area contributed by atoms with Crippen LogP contribution in [0.5, 0.6) is 5.75 Å². The van der Waals surface area contributed by atoms with E-state index in [0.717, 1.165) is 19.3 Å². The van der Waals surface area contributed by atoms with Gasteiger partial charge in [0.15, 0.2) is 5.75 Å². The lowest BCUT2D eigenvalue weighted by Gasteiger charge is -2.53. The molecule has 5 nitrogen and oxygen atoms in total. The SMILES string of the molecule is CCC1CCCC(C)(NC(=O)c2cccc(NC=O)c2O)C1(C)C. The van der Waals surface area contributed by atoms with Crippen molar-refractivity contribution in [1.29, 1.82) is 0 Å². The summed E-state index contributed by atoms with van der Waals surface area (Å²) in [6.07, 6.45) is 4.74. The number of benzene rings is 1. The van der Waals surface area contributed by atoms with Crippen molar-refractivity contribution in [3.8, 4) is 5.75 Å². The normalized spacial score (nSPS) is 25.8. The van der Waals surface area contributed by atoms with E-state index in [-0.39, 0.29) is 33.9 Å². The summed E-state index contributed by atoms with van der Waals surface area (Å²) < 4.78 is 0. The van der Waals surface area contributed by atoms with Crippen molar-refractivity contribution in [3.05, 3.63) is 23.8 Å². The Morgan fingerprint density at radius 1 is 1.38 bits per heavy atom. The predicted molar refractivity (Wildman–Crippen MR) is 95.1 cm³/mol. The first-order valence-electron chi connectivity index (χ1n) is 8.61. The molecule has 24 heavy (non-hydrogen) atoms. The fraction of sp³-hybridized carbons (Fsp3) is 0.579. The standard InChI is InChI=1S/C19H28N2O3/c1-5-13-8-7-11-19(4,18(13,2)3)21-17(24)14-9-6-10-15(16(14)23)20-12-22/h6,9-10,12-13,23H,5,7-8,11H2,1-4H3,(H,20,22)(H,21,24). The van der Waals surface area contributed by atoms with Crippen molar-refractivity contribution in [2.24, 2.45) is 11.3 Å². The van der Waals surface area contributed by atoms with Gasteiger partial charge in [0.1, 0.15) is 0 Å². The highest BCUT2D eigenvalue weighted by atomic mass is 16.3. The first-order chi connectivity index (χ1) is 11.3. The van der Waals surface area contributed by atoms with Crippen LogP contribution in [-0.2, 0) is 4.79 Å². The summed E-state index contributed by atoms with van der Waals surface area (Å²) in [5.74, 6) is 0.0361. The van der Waals surface area contributed by atoms with E-state index in [1.807, 2.05) is 0 Å². The Morgan fingerprint density at radius 2 is 2.08 bits per heavy atom. The van der Waals surface area contributed by atoms with Gasteiger partial charge in [-0.2, -0.15) is 0 Å². The first kappa shape index (κ1) is 18.3. The van der Waals surface area contributed by atoms with E-state index < -0.39 is 0 Å². The Balaban J connectivity index is 2.28. The second kappa shape index (κ2) is 6.83. The van der Waals surface area contributed by atoms with Crippen molar-refractivity contribution >= 4 is 18.0 Å². The molecule has 1 aromatic rings. The highest BCUT2D eigenvalue weighted by molar-refractivity contribution is 5.99. The third kappa shape index (κ3) is 3.12. The van der Waals surface area contributed by atoms with Crippen LogP contribution >= 0.6 is 0 Å². The molecule has 2 amide bonds. The number of rotatable bonds is 5. The molecule has 1 fully saturated rings. The maximum Gasteiger partial charge on any atom is 0.255 e. The van der Waals surface area contributed by atoms with E-state index in [1.54, 1.807) is 18.2 Å². The van der Waals surface area contributed by atoms with Crippen molar-refractivity contribution in [1.82, 2.24) is 5.32 Å². The van der Waals surface area contributed by atoms with E-state index in [4.69, 9.17) is 0 Å². The van der Waals surface area contributed by atoms with Crippen LogP contribution < -0.4 is 10.6 Å². The summed E-state index contributed by atoms with van der Waals surface area (Å²) in [5.41, 5.74) is 0.0302. The molecular weight excluding hydrogens is 304 g/mol. The Morgan fingerprint density at radius 3 is 2.71 bits per heavy atom. The van der Waals surface area contributed by atoms with E-state index >= 15 is 0 Å². The minimum Gasteiger partial charge on any atom is -0.505 e. The average Bonchev–Trinajstić information content (AvgIpc) is 2.52. The molecule has 0 bridgehead atoms. The molecule has 1 aliphatic rings. The molecule has 0 aromatic heterocycles. The van der Waals surface area contributed by atoms with Crippen LogP contribution in [0, 0.1) is 11.3 Å². The smallest absolute Gasteiger partial charge is 0.255 e. The number of aromatic hydroxyl groups is 1. The van der Waals surface area contributed by atoms with Gasteiger partial charge in [-0.3, -0.25) is 9.59 Å². The van der Waals surface area contributed by atoms with Gasteiger partial charge in [0.25, 0.3) is 5.91 Å². The minimum absolute atomic E-state index is 0.0378. The summed E-state index contributed by atoms with van der Waals surface area (Å²) in [6.45, 7) is 8.72. The number of para-hydroxylation sites is 1. The lowest BCUT2D eigenvalue weighted by molar-refractivity contribution is -0.105. The third-order valence-corrected chi connectivity index (χ3v) is 6.05. The summed E-state index contributed by atoms with van der Waals surface area (Å²) in [5, 5.41) is 15.8. The Kier molecular flexibility index (Phi) is 5.21. The van der Waals surface area contributed by atoms with Crippen molar-refractivity contribution in [3.63, 3.8) is 0 Å². The van der Waals surface area contributed by atoms with Crippen molar-refractivity contribution < 1.29 is 14.7 Å². The molecular formula is C19H28N2O3. The predicted octanol–water partition coefficient (Wildman–Crippen LogP) is 3.69. The number of amides is 2. The number of anilines is 1. The molecule has 2 atom stereocenters. The van der Waals surface area contributed by atoms with Gasteiger partial charge in [0.2, 0.25) is 6.41 Å². The zero-order valence-electron chi connectivity index (χ0n) is 15.0. The first-order valence-corrected chi connectivity index (χ1v) is 8.61. The van der Waals surface area contributed by atoms with Crippen LogP contribution in [-0.4, -0.2) is 23.0 Å². The van der Waals surface area contributed by atoms with Gasteiger partial charge in [-0.05, 0) is 43.2 Å². The molecule has 0 radical (unpaired) electrons. The lowest BCUT2D eigenvalue weighted by atomic mass is 9.57. The molecule has 1 aromatic carbocycles. The Hall–Kier alpha value is -2.04. The van der Waals surface area contributed by atoms with Crippen LogP contribution in [0.15, 0.2) is 18.2 Å². The van der Waals surface area contributed by atoms with Crippen molar-refractivity contribution in [2.75, 3.05) is 5.32 Å². The van der Waals surface area contributed by atoms with Gasteiger partial charge in [-0.1, -0.05) is 39.7 Å². The molecule has 5 heteroatoms. The van der Waals surface area contributed by atoms with E-state index in [9.17, 15) is 14.7 Å². The fourth-order valence-electron chi connectivity index (χ4n) is 4.00. The molecule has 0 heterocycles. The fourth-order valence-corrected chi connectivity index (χ4v) is 4.00. The van der Waals surface area contributed by atoms with Gasteiger partial charge < -0.3 is 15.7 Å². The number of phenols is 1. The van der Waals surface area contributed by atoms with Crippen LogP contribution in [0.25, 0.3) is 0 Å². The molecule has 132 valence electrons. The highest BCUT2D eigenvalue weighted by Gasteiger charge is 2.48. The molecule has 2 unspecified atom stereocenters. The van der Waals surface area contributed by atoms with Crippen LogP contribution in [0.4, 0.5) is 5.69 Å². The topological polar surface area (TPSA) is 78.4 Å². The highest BCUT2D eigenvalue weighted by Crippen LogP contribution is 2.49. The number of nitrogens with one attached hydrogen (secondary N) is 2. The van der Waals surface area contributed by atoms with Crippen LogP contribution in [0.1, 0.15) is 63.7 Å². The zero-order valence-corrected chi connectivity index (χ0v) is 15.0. The van der Waals surface area contributed by atoms with Crippen molar-refractivity contribution in [2.45, 2.75) is 58.9 Å². The largest absolute Gasteiger partial charge is 0.505 e. The summed E-state index contributed by atoms with van der Waals surface area (Å²) >= 11 is 0. The van der Waals surface area contributed by atoms with E-state index in [1.165, 1.54) is 6.42 Å².